The predicted octanol–water partition coefficient (Wildman–Crippen LogP) is 5.75. The Hall–Kier alpha value is -4.63. The second-order valence-electron chi connectivity index (χ2n) is 11.1. The van der Waals surface area contributed by atoms with Crippen LogP contribution in [0.3, 0.4) is 0 Å². The summed E-state index contributed by atoms with van der Waals surface area (Å²) in [5.74, 6) is -0.255. The van der Waals surface area contributed by atoms with Gasteiger partial charge in [0.2, 0.25) is 11.8 Å². The monoisotopic (exact) mass is 627 g/mol. The van der Waals surface area contributed by atoms with Crippen LogP contribution in [0.1, 0.15) is 37.0 Å². The van der Waals surface area contributed by atoms with Crippen LogP contribution in [0.2, 0.25) is 0 Å². The summed E-state index contributed by atoms with van der Waals surface area (Å²) < 4.78 is 34.5. The molecule has 4 aromatic rings. The number of amides is 2. The van der Waals surface area contributed by atoms with Crippen LogP contribution < -0.4 is 14.4 Å². The van der Waals surface area contributed by atoms with Gasteiger partial charge in [0.05, 0.1) is 17.7 Å². The number of nitrogens with one attached hydrogen (secondary N) is 1. The van der Waals surface area contributed by atoms with E-state index in [2.05, 4.69) is 5.32 Å². The number of rotatable bonds is 14. The minimum Gasteiger partial charge on any atom is -0.497 e. The predicted molar refractivity (Wildman–Crippen MR) is 178 cm³/mol. The highest BCUT2D eigenvalue weighted by molar-refractivity contribution is 7.92. The van der Waals surface area contributed by atoms with E-state index in [4.69, 9.17) is 4.74 Å². The van der Waals surface area contributed by atoms with Gasteiger partial charge in [0.25, 0.3) is 10.0 Å². The van der Waals surface area contributed by atoms with Crippen LogP contribution in [0.25, 0.3) is 0 Å². The average Bonchev–Trinajstić information content (AvgIpc) is 3.06. The first-order chi connectivity index (χ1) is 21.6. The topological polar surface area (TPSA) is 96.0 Å². The van der Waals surface area contributed by atoms with E-state index in [1.807, 2.05) is 75.4 Å². The number of hydrogen-bond donors (Lipinski definition) is 1. The van der Waals surface area contributed by atoms with Crippen LogP contribution >= 0.6 is 0 Å². The fraction of sp³-hybridized carbons (Fsp3) is 0.278. The van der Waals surface area contributed by atoms with Gasteiger partial charge >= 0.3 is 0 Å². The van der Waals surface area contributed by atoms with Gasteiger partial charge in [-0.05, 0) is 67.8 Å². The third-order valence-electron chi connectivity index (χ3n) is 7.72. The number of carbonyl (C=O) groups is 2. The smallest absolute Gasteiger partial charge is 0.264 e. The molecule has 0 aliphatic carbocycles. The van der Waals surface area contributed by atoms with E-state index in [9.17, 15) is 18.0 Å². The molecule has 0 unspecified atom stereocenters. The molecule has 45 heavy (non-hydrogen) atoms. The summed E-state index contributed by atoms with van der Waals surface area (Å²) in [6.45, 7) is 5.48. The van der Waals surface area contributed by atoms with Crippen LogP contribution in [-0.2, 0) is 32.6 Å². The number of ether oxygens (including phenoxy) is 1. The summed E-state index contributed by atoms with van der Waals surface area (Å²) >= 11 is 0. The van der Waals surface area contributed by atoms with E-state index in [0.717, 1.165) is 27.4 Å². The number of benzene rings is 4. The fourth-order valence-corrected chi connectivity index (χ4v) is 6.32. The lowest BCUT2D eigenvalue weighted by atomic mass is 10.0. The molecule has 0 bridgehead atoms. The number of sulfonamides is 1. The van der Waals surface area contributed by atoms with Crippen molar-refractivity contribution in [1.82, 2.24) is 10.2 Å². The van der Waals surface area contributed by atoms with E-state index >= 15 is 0 Å². The number of methoxy groups -OCH3 is 1. The van der Waals surface area contributed by atoms with Crippen molar-refractivity contribution in [2.45, 2.75) is 57.1 Å². The van der Waals surface area contributed by atoms with Crippen molar-refractivity contribution in [2.75, 3.05) is 18.0 Å². The number of carbonyl (C=O) groups excluding carboxylic acids is 2. The van der Waals surface area contributed by atoms with E-state index in [1.54, 1.807) is 42.5 Å². The number of hydrogen-bond acceptors (Lipinski definition) is 5. The molecule has 1 N–H and O–H groups in total. The van der Waals surface area contributed by atoms with Crippen LogP contribution in [0.15, 0.2) is 114 Å². The molecule has 4 rings (SSSR count). The molecule has 8 nitrogen and oxygen atoms in total. The van der Waals surface area contributed by atoms with Crippen molar-refractivity contribution in [3.05, 3.63) is 126 Å². The highest BCUT2D eigenvalue weighted by Gasteiger charge is 2.35. The zero-order chi connectivity index (χ0) is 32.4. The second kappa shape index (κ2) is 15.4. The first-order valence-electron chi connectivity index (χ1n) is 15.0. The van der Waals surface area contributed by atoms with Gasteiger partial charge in [0, 0.05) is 19.0 Å². The van der Waals surface area contributed by atoms with Crippen molar-refractivity contribution in [3.8, 4) is 5.75 Å². The summed E-state index contributed by atoms with van der Waals surface area (Å²) in [5.41, 5.74) is 3.07. The molecule has 0 spiro atoms. The van der Waals surface area contributed by atoms with Crippen LogP contribution in [0.5, 0.6) is 5.75 Å². The summed E-state index contributed by atoms with van der Waals surface area (Å²) in [5, 5.41) is 3.06. The number of aryl methyl sites for hydroxylation is 1. The second-order valence-corrected chi connectivity index (χ2v) is 12.9. The molecule has 0 heterocycles. The van der Waals surface area contributed by atoms with Crippen molar-refractivity contribution in [3.63, 3.8) is 0 Å². The Kier molecular flexibility index (Phi) is 11.4. The molecule has 0 aliphatic heterocycles. The minimum absolute atomic E-state index is 0.0500. The van der Waals surface area contributed by atoms with Gasteiger partial charge in [0.15, 0.2) is 0 Å². The van der Waals surface area contributed by atoms with Gasteiger partial charge < -0.3 is 15.0 Å². The van der Waals surface area contributed by atoms with Gasteiger partial charge in [-0.15, -0.1) is 0 Å². The van der Waals surface area contributed by atoms with Gasteiger partial charge in [-0.1, -0.05) is 85.3 Å². The number of nitrogens with zero attached hydrogens (tertiary/aromatic N) is 2. The lowest BCUT2D eigenvalue weighted by molar-refractivity contribution is -0.140. The van der Waals surface area contributed by atoms with Crippen molar-refractivity contribution in [1.29, 1.82) is 0 Å². The van der Waals surface area contributed by atoms with Crippen LogP contribution in [-0.4, -0.2) is 50.9 Å². The Morgan fingerprint density at radius 1 is 0.822 bits per heavy atom. The quantitative estimate of drug-likeness (QED) is 0.192. The maximum absolute atomic E-state index is 14.5. The summed E-state index contributed by atoms with van der Waals surface area (Å²) in [7, 11) is -2.64. The third kappa shape index (κ3) is 8.73. The van der Waals surface area contributed by atoms with Gasteiger partial charge in [-0.25, -0.2) is 8.42 Å². The van der Waals surface area contributed by atoms with E-state index < -0.39 is 28.5 Å². The Morgan fingerprint density at radius 3 is 2.00 bits per heavy atom. The zero-order valence-corrected chi connectivity index (χ0v) is 27.0. The third-order valence-corrected chi connectivity index (χ3v) is 9.50. The lowest BCUT2D eigenvalue weighted by Gasteiger charge is -2.34. The largest absolute Gasteiger partial charge is 0.497 e. The van der Waals surface area contributed by atoms with Crippen LogP contribution in [0, 0.1) is 6.92 Å². The van der Waals surface area contributed by atoms with Gasteiger partial charge in [-0.2, -0.15) is 0 Å². The molecule has 2 amide bonds. The van der Waals surface area contributed by atoms with Crippen molar-refractivity contribution in [2.24, 2.45) is 0 Å². The van der Waals surface area contributed by atoms with Gasteiger partial charge in [0.1, 0.15) is 18.3 Å². The highest BCUT2D eigenvalue weighted by atomic mass is 32.2. The molecule has 9 heteroatoms. The van der Waals surface area contributed by atoms with Crippen molar-refractivity contribution < 1.29 is 22.7 Å². The molecule has 0 radical (unpaired) electrons. The Bertz CT molecular complexity index is 1640. The van der Waals surface area contributed by atoms with E-state index in [0.29, 0.717) is 11.4 Å². The van der Waals surface area contributed by atoms with E-state index in [-0.39, 0.29) is 29.8 Å². The molecule has 0 saturated carbocycles. The Morgan fingerprint density at radius 2 is 1.42 bits per heavy atom. The molecule has 2 atom stereocenters. The SMILES string of the molecule is CC[C@H](C)NC(=O)[C@H](Cc1ccccc1)N(Cc1ccc(C)cc1)C(=O)CN(c1ccc(OC)cc1)S(=O)(=O)c1ccccc1. The summed E-state index contributed by atoms with van der Waals surface area (Å²) in [6, 6.07) is 30.8. The molecule has 0 fully saturated rings. The standard InChI is InChI=1S/C36H41N3O5S/c1-5-28(3)37-36(41)34(24-29-12-8-6-9-13-29)38(25-30-18-16-27(2)17-19-30)35(40)26-39(31-20-22-32(44-4)23-21-31)45(42,43)33-14-10-7-11-15-33/h6-23,28,34H,5,24-26H2,1-4H3,(H,37,41)/t28-,34-/m0/s1. The minimum atomic E-state index is -4.16. The Labute approximate surface area is 266 Å². The van der Waals surface area contributed by atoms with Gasteiger partial charge in [-0.3, -0.25) is 13.9 Å². The summed E-state index contributed by atoms with van der Waals surface area (Å²) in [4.78, 5) is 30.0. The molecule has 0 saturated heterocycles. The molecule has 4 aromatic carbocycles. The molecule has 0 aliphatic rings. The molecular weight excluding hydrogens is 586 g/mol. The van der Waals surface area contributed by atoms with Crippen molar-refractivity contribution >= 4 is 27.5 Å². The number of anilines is 1. The normalized spacial score (nSPS) is 12.5. The Balaban J connectivity index is 1.79. The van der Waals surface area contributed by atoms with E-state index in [1.165, 1.54) is 24.1 Å². The maximum atomic E-state index is 14.5. The highest BCUT2D eigenvalue weighted by Crippen LogP contribution is 2.27. The molecule has 236 valence electrons. The maximum Gasteiger partial charge on any atom is 0.264 e. The lowest BCUT2D eigenvalue weighted by Crippen LogP contribution is -2.54. The summed E-state index contributed by atoms with van der Waals surface area (Å²) in [6.07, 6.45) is 0.977. The first-order valence-corrected chi connectivity index (χ1v) is 16.5. The molecule has 0 aromatic heterocycles. The molecular formula is C36H41N3O5S. The first kappa shape index (κ1) is 33.3. The van der Waals surface area contributed by atoms with Crippen LogP contribution in [0.4, 0.5) is 5.69 Å². The zero-order valence-electron chi connectivity index (χ0n) is 26.2. The average molecular weight is 628 g/mol. The fourth-order valence-electron chi connectivity index (χ4n) is 4.88.